The minimum atomic E-state index is -4.41. The summed E-state index contributed by atoms with van der Waals surface area (Å²) in [5.41, 5.74) is 1.35. The first kappa shape index (κ1) is 17.8. The minimum Gasteiger partial charge on any atom is -0.368 e. The van der Waals surface area contributed by atoms with Crippen molar-refractivity contribution in [1.82, 2.24) is 14.8 Å². The second kappa shape index (κ2) is 6.55. The molecule has 2 unspecified atom stereocenters. The van der Waals surface area contributed by atoms with E-state index in [9.17, 15) is 13.2 Å². The fraction of sp³-hybridized carbons (Fsp3) is 0.400. The van der Waals surface area contributed by atoms with Gasteiger partial charge in [0.15, 0.2) is 0 Å². The van der Waals surface area contributed by atoms with E-state index in [0.29, 0.717) is 11.3 Å². The van der Waals surface area contributed by atoms with Gasteiger partial charge in [-0.25, -0.2) is 0 Å². The lowest BCUT2D eigenvalue weighted by Gasteiger charge is -2.38. The molecule has 1 fully saturated rings. The number of rotatable bonds is 2. The Hall–Kier alpha value is -2.57. The molecule has 0 saturated carbocycles. The monoisotopic (exact) mass is 374 g/mol. The zero-order valence-electron chi connectivity index (χ0n) is 15.2. The van der Waals surface area contributed by atoms with Gasteiger partial charge in [0.2, 0.25) is 0 Å². The van der Waals surface area contributed by atoms with Crippen molar-refractivity contribution in [2.45, 2.75) is 25.4 Å². The van der Waals surface area contributed by atoms with Gasteiger partial charge in [-0.15, -0.1) is 0 Å². The molecule has 2 aromatic heterocycles. The van der Waals surface area contributed by atoms with Gasteiger partial charge in [0.25, 0.3) is 0 Å². The molecule has 3 aromatic rings. The van der Waals surface area contributed by atoms with Crippen molar-refractivity contribution < 1.29 is 13.2 Å². The predicted octanol–water partition coefficient (Wildman–Crippen LogP) is 4.62. The third kappa shape index (κ3) is 3.38. The molecule has 0 bridgehead atoms. The van der Waals surface area contributed by atoms with Gasteiger partial charge in [-0.3, -0.25) is 9.67 Å². The largest absolute Gasteiger partial charge is 0.418 e. The number of hydrogen-bond acceptors (Lipinski definition) is 3. The molecule has 2 atom stereocenters. The standard InChI is InChI=1S/C20H21F3N4/c1-13-8-14(11-27(10-13)15-9-25-26(2)12-15)16-5-6-18(20(21,22)23)19-17(16)4-3-7-24-19/h3-7,9,12-14H,8,10-11H2,1-2H3. The summed E-state index contributed by atoms with van der Waals surface area (Å²) < 4.78 is 41.9. The van der Waals surface area contributed by atoms with E-state index in [1.807, 2.05) is 19.4 Å². The van der Waals surface area contributed by atoms with Gasteiger partial charge in [0, 0.05) is 43.8 Å². The Labute approximate surface area is 155 Å². The van der Waals surface area contributed by atoms with E-state index in [2.05, 4.69) is 21.9 Å². The van der Waals surface area contributed by atoms with Crippen LogP contribution in [-0.2, 0) is 13.2 Å². The molecule has 0 spiro atoms. The fourth-order valence-corrected chi connectivity index (χ4v) is 4.14. The molecule has 27 heavy (non-hydrogen) atoms. The number of anilines is 1. The molecule has 3 heterocycles. The number of aryl methyl sites for hydroxylation is 1. The van der Waals surface area contributed by atoms with Gasteiger partial charge in [-0.2, -0.15) is 18.3 Å². The highest BCUT2D eigenvalue weighted by Gasteiger charge is 2.35. The molecule has 0 aliphatic carbocycles. The van der Waals surface area contributed by atoms with E-state index in [1.165, 1.54) is 12.3 Å². The van der Waals surface area contributed by atoms with E-state index in [0.717, 1.165) is 30.8 Å². The molecule has 4 nitrogen and oxygen atoms in total. The van der Waals surface area contributed by atoms with Crippen LogP contribution >= 0.6 is 0 Å². The van der Waals surface area contributed by atoms with Gasteiger partial charge in [-0.1, -0.05) is 19.1 Å². The predicted molar refractivity (Wildman–Crippen MR) is 98.7 cm³/mol. The lowest BCUT2D eigenvalue weighted by Crippen LogP contribution is -2.38. The smallest absolute Gasteiger partial charge is 0.368 e. The highest BCUT2D eigenvalue weighted by molar-refractivity contribution is 5.86. The maximum atomic E-state index is 13.4. The van der Waals surface area contributed by atoms with Crippen LogP contribution in [-0.4, -0.2) is 27.9 Å². The summed E-state index contributed by atoms with van der Waals surface area (Å²) in [7, 11) is 1.88. The molecule has 7 heteroatoms. The Morgan fingerprint density at radius 2 is 1.96 bits per heavy atom. The lowest BCUT2D eigenvalue weighted by molar-refractivity contribution is -0.136. The Balaban J connectivity index is 1.75. The van der Waals surface area contributed by atoms with Crippen LogP contribution in [0.15, 0.2) is 42.9 Å². The highest BCUT2D eigenvalue weighted by Crippen LogP contribution is 2.40. The molecule has 4 rings (SSSR count). The zero-order valence-corrected chi connectivity index (χ0v) is 15.2. The van der Waals surface area contributed by atoms with E-state index >= 15 is 0 Å². The maximum Gasteiger partial charge on any atom is 0.418 e. The summed E-state index contributed by atoms with van der Waals surface area (Å²) in [6.07, 6.45) is 1.76. The van der Waals surface area contributed by atoms with E-state index in [-0.39, 0.29) is 11.4 Å². The molecule has 0 amide bonds. The lowest BCUT2D eigenvalue weighted by atomic mass is 9.83. The van der Waals surface area contributed by atoms with Crippen LogP contribution < -0.4 is 4.90 Å². The molecule has 1 aliphatic heterocycles. The number of piperidine rings is 1. The molecular weight excluding hydrogens is 353 g/mol. The van der Waals surface area contributed by atoms with Crippen molar-refractivity contribution in [3.05, 3.63) is 54.0 Å². The topological polar surface area (TPSA) is 34.0 Å². The first-order valence-corrected chi connectivity index (χ1v) is 9.01. The van der Waals surface area contributed by atoms with Crippen LogP contribution in [0.25, 0.3) is 10.9 Å². The number of nitrogens with zero attached hydrogens (tertiary/aromatic N) is 4. The number of benzene rings is 1. The molecule has 1 aromatic carbocycles. The molecule has 0 N–H and O–H groups in total. The number of alkyl halides is 3. The van der Waals surface area contributed by atoms with Gasteiger partial charge in [0.05, 0.1) is 23.0 Å². The number of pyridine rings is 1. The number of hydrogen-bond donors (Lipinski definition) is 0. The summed E-state index contributed by atoms with van der Waals surface area (Å²) in [5.74, 6) is 0.570. The summed E-state index contributed by atoms with van der Waals surface area (Å²) in [6, 6.07) is 6.27. The van der Waals surface area contributed by atoms with E-state index in [4.69, 9.17) is 0 Å². The fourth-order valence-electron chi connectivity index (χ4n) is 4.14. The highest BCUT2D eigenvalue weighted by atomic mass is 19.4. The SMILES string of the molecule is CC1CC(c2ccc(C(F)(F)F)c3ncccc23)CN(c2cnn(C)c2)C1. The van der Waals surface area contributed by atoms with Gasteiger partial charge >= 0.3 is 6.18 Å². The Morgan fingerprint density at radius 1 is 1.15 bits per heavy atom. The molecule has 142 valence electrons. The quantitative estimate of drug-likeness (QED) is 0.657. The van der Waals surface area contributed by atoms with Crippen molar-refractivity contribution in [2.24, 2.45) is 13.0 Å². The zero-order chi connectivity index (χ0) is 19.2. The van der Waals surface area contributed by atoms with Crippen LogP contribution in [0.3, 0.4) is 0 Å². The van der Waals surface area contributed by atoms with Gasteiger partial charge in [0.1, 0.15) is 0 Å². The maximum absolute atomic E-state index is 13.4. The Bertz CT molecular complexity index is 963. The van der Waals surface area contributed by atoms with E-state index < -0.39 is 11.7 Å². The molecular formula is C20H21F3N4. The van der Waals surface area contributed by atoms with Gasteiger partial charge < -0.3 is 4.90 Å². The minimum absolute atomic E-state index is 0.0358. The van der Waals surface area contributed by atoms with Crippen LogP contribution in [0.1, 0.15) is 30.4 Å². The van der Waals surface area contributed by atoms with Crippen molar-refractivity contribution >= 4 is 16.6 Å². The van der Waals surface area contributed by atoms with E-state index in [1.54, 1.807) is 22.9 Å². The summed E-state index contributed by atoms with van der Waals surface area (Å²) >= 11 is 0. The summed E-state index contributed by atoms with van der Waals surface area (Å²) in [4.78, 5) is 6.33. The normalized spacial score (nSPS) is 21.0. The third-order valence-corrected chi connectivity index (χ3v) is 5.26. The van der Waals surface area contributed by atoms with Crippen LogP contribution in [0.2, 0.25) is 0 Å². The average Bonchev–Trinajstić information content (AvgIpc) is 3.06. The average molecular weight is 374 g/mol. The summed E-state index contributed by atoms with van der Waals surface area (Å²) in [6.45, 7) is 3.85. The third-order valence-electron chi connectivity index (χ3n) is 5.26. The summed E-state index contributed by atoms with van der Waals surface area (Å²) in [5, 5.41) is 4.84. The molecule has 1 saturated heterocycles. The van der Waals surface area contributed by atoms with Gasteiger partial charge in [-0.05, 0) is 30.0 Å². The second-order valence-electron chi connectivity index (χ2n) is 7.41. The number of aromatic nitrogens is 3. The van der Waals surface area contributed by atoms with Crippen molar-refractivity contribution in [3.63, 3.8) is 0 Å². The van der Waals surface area contributed by atoms with Crippen molar-refractivity contribution in [3.8, 4) is 0 Å². The number of halogens is 3. The first-order chi connectivity index (χ1) is 12.8. The number of fused-ring (bicyclic) bond motifs is 1. The first-order valence-electron chi connectivity index (χ1n) is 9.01. The second-order valence-corrected chi connectivity index (χ2v) is 7.41. The van der Waals surface area contributed by atoms with Crippen molar-refractivity contribution in [2.75, 3.05) is 18.0 Å². The molecule has 1 aliphatic rings. The Kier molecular flexibility index (Phi) is 4.32. The molecule has 0 radical (unpaired) electrons. The van der Waals surface area contributed by atoms with Crippen LogP contribution in [0.4, 0.5) is 18.9 Å². The van der Waals surface area contributed by atoms with Crippen molar-refractivity contribution in [1.29, 1.82) is 0 Å². The van der Waals surface area contributed by atoms with Crippen LogP contribution in [0, 0.1) is 5.92 Å². The Morgan fingerprint density at radius 3 is 2.67 bits per heavy atom. The van der Waals surface area contributed by atoms with Crippen LogP contribution in [0.5, 0.6) is 0 Å².